The summed E-state index contributed by atoms with van der Waals surface area (Å²) in [6.07, 6.45) is 0. The molecular formula is C83H58BN5O. The van der Waals surface area contributed by atoms with Crippen LogP contribution in [0.2, 0.25) is 0 Å². The quantitative estimate of drug-likeness (QED) is 0.135. The number of aryl methyl sites for hydroxylation is 3. The number of hydrogen-bond acceptors (Lipinski definition) is 4. The van der Waals surface area contributed by atoms with Gasteiger partial charge in [0.05, 0.1) is 27.8 Å². The van der Waals surface area contributed by atoms with Crippen LogP contribution in [-0.4, -0.2) is 15.8 Å². The van der Waals surface area contributed by atoms with Gasteiger partial charge in [0.25, 0.3) is 6.71 Å². The van der Waals surface area contributed by atoms with Crippen LogP contribution in [0, 0.1) is 20.8 Å². The smallest absolute Gasteiger partial charge is 0.256 e. The minimum Gasteiger partial charge on any atom is -0.458 e. The largest absolute Gasteiger partial charge is 0.458 e. The molecule has 0 radical (unpaired) electrons. The molecular weight excluding hydrogens is 1090 g/mol. The molecule has 0 unspecified atom stereocenters. The number of aromatic nitrogens is 2. The van der Waals surface area contributed by atoms with Crippen molar-refractivity contribution in [3.8, 4) is 22.9 Å². The number of benzene rings is 14. The minimum absolute atomic E-state index is 0.196. The molecule has 6 nitrogen and oxygen atoms in total. The number of fused-ring (bicyclic) bond motifs is 14. The summed E-state index contributed by atoms with van der Waals surface area (Å²) in [6, 6.07) is 109. The van der Waals surface area contributed by atoms with Gasteiger partial charge in [-0.2, -0.15) is 0 Å². The molecule has 0 spiro atoms. The van der Waals surface area contributed by atoms with Crippen LogP contribution in [0.4, 0.5) is 51.2 Å². The molecule has 7 heteroatoms. The lowest BCUT2D eigenvalue weighted by atomic mass is 9.34. The van der Waals surface area contributed by atoms with Gasteiger partial charge < -0.3 is 28.6 Å². The van der Waals surface area contributed by atoms with Gasteiger partial charge >= 0.3 is 0 Å². The van der Waals surface area contributed by atoms with Crippen LogP contribution >= 0.6 is 0 Å². The standard InChI is InChI=1S/C83H58BN5O/c1-53-45-54(2)81(55(3)46-53)89-74-35-22-36-78-80(74)84(72-51-75-70(49-77(72)89)68-41-37-56-47-64(39-43-66(56)82(68)87(75)62-31-18-8-19-32-62)85(58-23-10-4-11-24-58)59-25-12-5-13-26-59)73-52-76-71(50-79(73)90-78)69-42-38-57-48-65(40-44-67(57)83(69)88(76)63-33-20-9-21-34-63)86(60-27-14-6-15-28-60)61-29-16-7-17-30-61/h4-52H,1-3H3. The van der Waals surface area contributed by atoms with Crippen LogP contribution in [-0.2, 0) is 0 Å². The number of anilines is 9. The van der Waals surface area contributed by atoms with E-state index in [1.165, 1.54) is 65.8 Å². The van der Waals surface area contributed by atoms with Crippen molar-refractivity contribution in [2.75, 3.05) is 14.7 Å². The zero-order chi connectivity index (χ0) is 59.7. The van der Waals surface area contributed by atoms with Crippen LogP contribution in [0.3, 0.4) is 0 Å². The lowest BCUT2D eigenvalue weighted by molar-refractivity contribution is 0.488. The SMILES string of the molecule is Cc1cc(C)c(N2c3cc4c5ccc6cc(N(c7ccccc7)c7ccccc7)ccc6c5n(-c5ccccc5)c4cc3B3c4cc5c(cc4Oc4cccc2c43)c2ccc3cc(N(c4ccccc4)c4ccccc4)ccc3c2n5-c2ccccc2)c(C)c1. The van der Waals surface area contributed by atoms with E-state index in [1.807, 2.05) is 0 Å². The fraction of sp³-hybridized carbons (Fsp3) is 0.0361. The second-order valence-electron chi connectivity index (χ2n) is 24.2. The average molecular weight is 1150 g/mol. The van der Waals surface area contributed by atoms with E-state index in [0.717, 1.165) is 107 Å². The van der Waals surface area contributed by atoms with Crippen molar-refractivity contribution in [3.63, 3.8) is 0 Å². The summed E-state index contributed by atoms with van der Waals surface area (Å²) < 4.78 is 12.4. The van der Waals surface area contributed by atoms with Crippen LogP contribution in [0.1, 0.15) is 16.7 Å². The van der Waals surface area contributed by atoms with E-state index in [4.69, 9.17) is 4.74 Å². The van der Waals surface area contributed by atoms with Gasteiger partial charge in [-0.15, -0.1) is 0 Å². The number of hydrogen-bond donors (Lipinski definition) is 0. The maximum Gasteiger partial charge on any atom is 0.256 e. The van der Waals surface area contributed by atoms with Crippen LogP contribution < -0.4 is 35.8 Å². The first-order chi connectivity index (χ1) is 44.4. The third kappa shape index (κ3) is 7.92. The lowest BCUT2D eigenvalue weighted by Gasteiger charge is -2.41. The van der Waals surface area contributed by atoms with E-state index in [0.29, 0.717) is 0 Å². The molecule has 0 atom stereocenters. The molecule has 0 N–H and O–H groups in total. The minimum atomic E-state index is -0.196. The molecule has 90 heavy (non-hydrogen) atoms. The lowest BCUT2D eigenvalue weighted by Crippen LogP contribution is -2.59. The van der Waals surface area contributed by atoms with Gasteiger partial charge in [0.2, 0.25) is 0 Å². The van der Waals surface area contributed by atoms with Gasteiger partial charge in [-0.05, 0) is 193 Å². The van der Waals surface area contributed by atoms with Crippen LogP contribution in [0.15, 0.2) is 297 Å². The van der Waals surface area contributed by atoms with E-state index in [2.05, 4.69) is 342 Å². The number of ether oxygens (including phenoxy) is 1. The Morgan fingerprint density at radius 3 is 1.23 bits per heavy atom. The molecule has 0 saturated heterocycles. The first-order valence-corrected chi connectivity index (χ1v) is 31.1. The van der Waals surface area contributed by atoms with Crippen molar-refractivity contribution in [1.82, 2.24) is 9.13 Å². The highest BCUT2D eigenvalue weighted by Gasteiger charge is 2.43. The molecule has 18 rings (SSSR count). The average Bonchev–Trinajstić information content (AvgIpc) is 1.29. The fourth-order valence-electron chi connectivity index (χ4n) is 15.2. The summed E-state index contributed by atoms with van der Waals surface area (Å²) in [6.45, 7) is 6.55. The monoisotopic (exact) mass is 1150 g/mol. The summed E-state index contributed by atoms with van der Waals surface area (Å²) in [4.78, 5) is 7.25. The van der Waals surface area contributed by atoms with Gasteiger partial charge in [-0.3, -0.25) is 0 Å². The Hall–Kier alpha value is -11.5. The van der Waals surface area contributed by atoms with Crippen molar-refractivity contribution < 1.29 is 4.74 Å². The summed E-state index contributed by atoms with van der Waals surface area (Å²) in [5.41, 5.74) is 24.1. The third-order valence-corrected chi connectivity index (χ3v) is 18.8. The molecule has 2 aliphatic rings. The highest BCUT2D eigenvalue weighted by atomic mass is 16.5. The van der Waals surface area contributed by atoms with E-state index in [9.17, 15) is 0 Å². The number of rotatable bonds is 9. The Balaban J connectivity index is 0.895. The molecule has 0 bridgehead atoms. The molecule has 0 saturated carbocycles. The molecule has 16 aromatic rings. The van der Waals surface area contributed by atoms with E-state index < -0.39 is 0 Å². The zero-order valence-electron chi connectivity index (χ0n) is 50.0. The maximum absolute atomic E-state index is 7.40. The second kappa shape index (κ2) is 20.3. The number of para-hydroxylation sites is 6. The second-order valence-corrected chi connectivity index (χ2v) is 24.2. The van der Waals surface area contributed by atoms with Crippen molar-refractivity contribution in [2.45, 2.75) is 20.8 Å². The summed E-state index contributed by atoms with van der Waals surface area (Å²) in [5, 5.41) is 9.39. The third-order valence-electron chi connectivity index (χ3n) is 18.8. The van der Waals surface area contributed by atoms with Crippen LogP contribution in [0.25, 0.3) is 76.5 Å². The Labute approximate surface area is 522 Å². The molecule has 2 aliphatic heterocycles. The molecule has 14 aromatic carbocycles. The first kappa shape index (κ1) is 51.7. The maximum atomic E-state index is 7.40. The predicted molar refractivity (Wildman–Crippen MR) is 380 cm³/mol. The van der Waals surface area contributed by atoms with Crippen molar-refractivity contribution in [1.29, 1.82) is 0 Å². The van der Waals surface area contributed by atoms with Crippen molar-refractivity contribution in [3.05, 3.63) is 314 Å². The van der Waals surface area contributed by atoms with Gasteiger partial charge in [-0.25, -0.2) is 0 Å². The molecule has 0 amide bonds. The molecule has 0 aliphatic carbocycles. The molecule has 4 heterocycles. The first-order valence-electron chi connectivity index (χ1n) is 31.1. The van der Waals surface area contributed by atoms with Crippen molar-refractivity contribution in [2.24, 2.45) is 0 Å². The van der Waals surface area contributed by atoms with E-state index >= 15 is 0 Å². The van der Waals surface area contributed by atoms with E-state index in [1.54, 1.807) is 0 Å². The normalized spacial score (nSPS) is 12.4. The van der Waals surface area contributed by atoms with Gasteiger partial charge in [0, 0.05) is 89.2 Å². The molecule has 0 fully saturated rings. The Kier molecular flexibility index (Phi) is 11.6. The highest BCUT2D eigenvalue weighted by Crippen LogP contribution is 2.49. The Morgan fingerprint density at radius 2 is 0.756 bits per heavy atom. The van der Waals surface area contributed by atoms with Crippen LogP contribution in [0.5, 0.6) is 11.5 Å². The van der Waals surface area contributed by atoms with Gasteiger partial charge in [-0.1, -0.05) is 169 Å². The van der Waals surface area contributed by atoms with Gasteiger partial charge in [0.1, 0.15) is 11.5 Å². The fourth-order valence-corrected chi connectivity index (χ4v) is 15.2. The molecule has 2 aromatic heterocycles. The Morgan fingerprint density at radius 1 is 0.322 bits per heavy atom. The van der Waals surface area contributed by atoms with Gasteiger partial charge in [0.15, 0.2) is 0 Å². The summed E-state index contributed by atoms with van der Waals surface area (Å²) in [5.74, 6) is 1.74. The van der Waals surface area contributed by atoms with Crippen molar-refractivity contribution >= 4 is 139 Å². The highest BCUT2D eigenvalue weighted by molar-refractivity contribution is 6.99. The summed E-state index contributed by atoms with van der Waals surface area (Å²) in [7, 11) is 0. The topological polar surface area (TPSA) is 28.8 Å². The summed E-state index contributed by atoms with van der Waals surface area (Å²) >= 11 is 0. The number of nitrogens with zero attached hydrogens (tertiary/aromatic N) is 5. The van der Waals surface area contributed by atoms with E-state index in [-0.39, 0.29) is 6.71 Å². The predicted octanol–water partition coefficient (Wildman–Crippen LogP) is 20.5. The zero-order valence-corrected chi connectivity index (χ0v) is 50.0. The Bertz CT molecular complexity index is 5450. The molecule has 424 valence electrons.